The number of amides is 2. The highest BCUT2D eigenvalue weighted by molar-refractivity contribution is 7.99. The number of aromatic nitrogens is 3. The number of nitrogens with one attached hydrogen (secondary N) is 3. The predicted molar refractivity (Wildman–Crippen MR) is 130 cm³/mol. The SMILES string of the molecule is O=C(Nc1ccccc1)Nc1nc(Sc2c[nH]c3ccccc23)cc(N2CCCCC2)n1. The highest BCUT2D eigenvalue weighted by atomic mass is 32.2. The van der Waals surface area contributed by atoms with Crippen molar-refractivity contribution in [2.75, 3.05) is 28.6 Å². The van der Waals surface area contributed by atoms with E-state index in [1.807, 2.05) is 54.7 Å². The number of urea groups is 1. The summed E-state index contributed by atoms with van der Waals surface area (Å²) in [5.74, 6) is 1.14. The molecule has 1 aliphatic rings. The van der Waals surface area contributed by atoms with Gasteiger partial charge in [0.25, 0.3) is 0 Å². The van der Waals surface area contributed by atoms with Crippen LogP contribution in [0, 0.1) is 0 Å². The number of carbonyl (C=O) groups excluding carboxylic acids is 1. The number of fused-ring (bicyclic) bond motifs is 1. The molecule has 8 heteroatoms. The van der Waals surface area contributed by atoms with Gasteiger partial charge in [-0.2, -0.15) is 4.98 Å². The normalized spacial score (nSPS) is 13.8. The van der Waals surface area contributed by atoms with Gasteiger partial charge in [-0.15, -0.1) is 0 Å². The van der Waals surface area contributed by atoms with E-state index in [9.17, 15) is 4.79 Å². The van der Waals surface area contributed by atoms with Crippen LogP contribution in [-0.2, 0) is 0 Å². The van der Waals surface area contributed by atoms with Crippen molar-refractivity contribution in [2.45, 2.75) is 29.2 Å². The fraction of sp³-hybridized carbons (Fsp3) is 0.208. The van der Waals surface area contributed by atoms with E-state index in [1.54, 1.807) is 11.8 Å². The molecule has 2 aromatic heterocycles. The molecule has 0 bridgehead atoms. The Balaban J connectivity index is 1.42. The molecule has 0 unspecified atom stereocenters. The van der Waals surface area contributed by atoms with Crippen molar-refractivity contribution in [3.8, 4) is 0 Å². The van der Waals surface area contributed by atoms with Crippen LogP contribution in [0.1, 0.15) is 19.3 Å². The molecule has 0 aliphatic carbocycles. The maximum absolute atomic E-state index is 12.5. The number of para-hydroxylation sites is 2. The minimum Gasteiger partial charge on any atom is -0.360 e. The van der Waals surface area contributed by atoms with E-state index in [0.29, 0.717) is 11.6 Å². The van der Waals surface area contributed by atoms with Crippen LogP contribution in [-0.4, -0.2) is 34.1 Å². The van der Waals surface area contributed by atoms with E-state index in [2.05, 4.69) is 42.6 Å². The fourth-order valence-electron chi connectivity index (χ4n) is 3.83. The van der Waals surface area contributed by atoms with Crippen LogP contribution in [0.5, 0.6) is 0 Å². The molecule has 3 N–H and O–H groups in total. The Labute approximate surface area is 190 Å². The van der Waals surface area contributed by atoms with Crippen molar-refractivity contribution < 1.29 is 4.79 Å². The van der Waals surface area contributed by atoms with Crippen LogP contribution in [0.3, 0.4) is 0 Å². The van der Waals surface area contributed by atoms with Gasteiger partial charge in [-0.05, 0) is 37.5 Å². The molecule has 5 rings (SSSR count). The van der Waals surface area contributed by atoms with Crippen LogP contribution in [0.15, 0.2) is 76.8 Å². The summed E-state index contributed by atoms with van der Waals surface area (Å²) in [5.41, 5.74) is 1.80. The first kappa shape index (κ1) is 20.4. The van der Waals surface area contributed by atoms with Gasteiger partial charge in [0, 0.05) is 46.8 Å². The Kier molecular flexibility index (Phi) is 5.93. The molecule has 0 saturated carbocycles. The number of piperidine rings is 1. The molecular formula is C24H24N6OS. The molecule has 0 radical (unpaired) electrons. The standard InChI is InChI=1S/C24H24N6OS/c31-24(26-17-9-3-1-4-10-17)29-23-27-21(30-13-7-2-8-14-30)15-22(28-23)32-20-16-25-19-12-6-5-11-18(19)20/h1,3-6,9-12,15-16,25H,2,7-8,13-14H2,(H2,26,27,28,29,31). The van der Waals surface area contributed by atoms with E-state index >= 15 is 0 Å². The number of rotatable bonds is 5. The third-order valence-corrected chi connectivity index (χ3v) is 6.37. The molecule has 7 nitrogen and oxygen atoms in total. The average Bonchev–Trinajstić information content (AvgIpc) is 3.23. The number of nitrogens with zero attached hydrogens (tertiary/aromatic N) is 3. The van der Waals surface area contributed by atoms with Crippen molar-refractivity contribution in [1.82, 2.24) is 15.0 Å². The van der Waals surface area contributed by atoms with E-state index in [4.69, 9.17) is 0 Å². The molecule has 3 heterocycles. The van der Waals surface area contributed by atoms with Crippen LogP contribution in [0.2, 0.25) is 0 Å². The first-order chi connectivity index (χ1) is 15.7. The van der Waals surface area contributed by atoms with Crippen molar-refractivity contribution in [3.05, 3.63) is 66.9 Å². The lowest BCUT2D eigenvalue weighted by atomic mass is 10.1. The van der Waals surface area contributed by atoms with E-state index in [1.165, 1.54) is 6.42 Å². The maximum Gasteiger partial charge on any atom is 0.326 e. The monoisotopic (exact) mass is 444 g/mol. The van der Waals surface area contributed by atoms with Gasteiger partial charge < -0.3 is 15.2 Å². The molecular weight excluding hydrogens is 420 g/mol. The van der Waals surface area contributed by atoms with Crippen LogP contribution in [0.4, 0.5) is 22.2 Å². The smallest absolute Gasteiger partial charge is 0.326 e. The zero-order valence-electron chi connectivity index (χ0n) is 17.5. The molecule has 32 heavy (non-hydrogen) atoms. The van der Waals surface area contributed by atoms with Gasteiger partial charge in [0.2, 0.25) is 5.95 Å². The summed E-state index contributed by atoms with van der Waals surface area (Å²) >= 11 is 1.57. The molecule has 4 aromatic rings. The lowest BCUT2D eigenvalue weighted by Crippen LogP contribution is -2.30. The summed E-state index contributed by atoms with van der Waals surface area (Å²) < 4.78 is 0. The molecule has 1 fully saturated rings. The molecule has 2 aromatic carbocycles. The van der Waals surface area contributed by atoms with Gasteiger partial charge in [0.05, 0.1) is 0 Å². The largest absolute Gasteiger partial charge is 0.360 e. The Morgan fingerprint density at radius 1 is 0.938 bits per heavy atom. The number of benzene rings is 2. The van der Waals surface area contributed by atoms with E-state index in [-0.39, 0.29) is 6.03 Å². The number of anilines is 3. The van der Waals surface area contributed by atoms with Gasteiger partial charge in [0.1, 0.15) is 10.8 Å². The van der Waals surface area contributed by atoms with Gasteiger partial charge in [0.15, 0.2) is 0 Å². The molecule has 1 aliphatic heterocycles. The first-order valence-electron chi connectivity index (χ1n) is 10.8. The van der Waals surface area contributed by atoms with Gasteiger partial charge >= 0.3 is 6.03 Å². The highest BCUT2D eigenvalue weighted by Gasteiger charge is 2.17. The third kappa shape index (κ3) is 4.70. The number of hydrogen-bond acceptors (Lipinski definition) is 5. The average molecular weight is 445 g/mol. The highest BCUT2D eigenvalue weighted by Crippen LogP contribution is 2.34. The first-order valence-corrected chi connectivity index (χ1v) is 11.6. The Bertz CT molecular complexity index is 1220. The molecule has 2 amide bonds. The van der Waals surface area contributed by atoms with Crippen LogP contribution >= 0.6 is 11.8 Å². The maximum atomic E-state index is 12.5. The summed E-state index contributed by atoms with van der Waals surface area (Å²) in [7, 11) is 0. The van der Waals surface area contributed by atoms with Crippen molar-refractivity contribution in [1.29, 1.82) is 0 Å². The van der Waals surface area contributed by atoms with Gasteiger partial charge in [-0.1, -0.05) is 48.2 Å². The van der Waals surface area contributed by atoms with Crippen molar-refractivity contribution >= 4 is 46.1 Å². The summed E-state index contributed by atoms with van der Waals surface area (Å²) in [4.78, 5) is 28.5. The second-order valence-corrected chi connectivity index (χ2v) is 8.74. The number of carbonyl (C=O) groups is 1. The quantitative estimate of drug-likeness (QED) is 0.342. The molecule has 1 saturated heterocycles. The fourth-order valence-corrected chi connectivity index (χ4v) is 4.76. The number of H-pyrrole nitrogens is 1. The number of hydrogen-bond donors (Lipinski definition) is 3. The summed E-state index contributed by atoms with van der Waals surface area (Å²) in [6.45, 7) is 1.92. The molecule has 162 valence electrons. The lowest BCUT2D eigenvalue weighted by Gasteiger charge is -2.28. The van der Waals surface area contributed by atoms with Crippen molar-refractivity contribution in [3.63, 3.8) is 0 Å². The Morgan fingerprint density at radius 3 is 2.56 bits per heavy atom. The van der Waals surface area contributed by atoms with Crippen LogP contribution < -0.4 is 15.5 Å². The van der Waals surface area contributed by atoms with E-state index < -0.39 is 0 Å². The van der Waals surface area contributed by atoms with Gasteiger partial charge in [-0.3, -0.25) is 5.32 Å². The topological polar surface area (TPSA) is 85.9 Å². The third-order valence-electron chi connectivity index (χ3n) is 5.39. The Morgan fingerprint density at radius 2 is 1.72 bits per heavy atom. The summed E-state index contributed by atoms with van der Waals surface area (Å²) in [5, 5.41) is 7.57. The minimum absolute atomic E-state index is 0.295. The second kappa shape index (κ2) is 9.32. The minimum atomic E-state index is -0.366. The Hall–Kier alpha value is -3.52. The van der Waals surface area contributed by atoms with E-state index in [0.717, 1.165) is 52.6 Å². The second-order valence-electron chi connectivity index (χ2n) is 7.68. The number of aromatic amines is 1. The molecule has 0 spiro atoms. The zero-order valence-corrected chi connectivity index (χ0v) is 18.4. The zero-order chi connectivity index (χ0) is 21.8. The lowest BCUT2D eigenvalue weighted by molar-refractivity contribution is 0.262. The molecule has 0 atom stereocenters. The van der Waals surface area contributed by atoms with Crippen molar-refractivity contribution in [2.24, 2.45) is 0 Å². The predicted octanol–water partition coefficient (Wildman–Crippen LogP) is 5.74. The van der Waals surface area contributed by atoms with Crippen LogP contribution in [0.25, 0.3) is 10.9 Å². The summed E-state index contributed by atoms with van der Waals surface area (Å²) in [6.07, 6.45) is 5.52. The van der Waals surface area contributed by atoms with Gasteiger partial charge in [-0.25, -0.2) is 9.78 Å². The summed E-state index contributed by atoms with van der Waals surface area (Å²) in [6, 6.07) is 19.2.